The second-order valence-electron chi connectivity index (χ2n) is 35.1. The van der Waals surface area contributed by atoms with E-state index in [1.807, 2.05) is 18.3 Å². The van der Waals surface area contributed by atoms with E-state index >= 15 is 0 Å². The van der Waals surface area contributed by atoms with Gasteiger partial charge in [0.15, 0.2) is 42.6 Å². The Morgan fingerprint density at radius 1 is 0.206 bits per heavy atom. The maximum atomic E-state index is 4.59. The number of pyridine rings is 6. The van der Waals surface area contributed by atoms with E-state index in [0.717, 1.165) is 50.7 Å². The molecule has 10 aromatic carbocycles. The van der Waals surface area contributed by atoms with Crippen LogP contribution in [0.1, 0.15) is 89.0 Å². The van der Waals surface area contributed by atoms with Crippen molar-refractivity contribution in [3.05, 3.63) is 389 Å². The van der Waals surface area contributed by atoms with E-state index in [2.05, 4.69) is 444 Å². The molecule has 0 saturated carbocycles. The molecule has 0 amide bonds. The molecule has 0 spiro atoms. The highest BCUT2D eigenvalue weighted by molar-refractivity contribution is 6.01. The molecule has 646 valence electrons. The summed E-state index contributed by atoms with van der Waals surface area (Å²) in [6.45, 7) is 34.8. The molecule has 20 rings (SSSR count). The number of hydrogen-bond acceptors (Lipinski definition) is 10. The number of aryl methyl sites for hydroxylation is 16. The summed E-state index contributed by atoms with van der Waals surface area (Å²) in [5.74, 6) is 1.45. The standard InChI is InChI=1S/C25H25N2.3C23H22N3.C22H21N4/c1-16-6-9-24(26-15-16)21-7-8-22-20(14-21)10-11-27(5)25(22)23-13-17(2)12-18(3)19(23)4;1-15-12-16(2)17(3)21(13-15)22-20-7-6-19(23-24-9-5-10-25-23)14-18(20)8-11-26(22)4;1-15-11-16(2)17(3)21(12-15)23-20-6-5-19(22-14-24-8-9-25-22)13-18(20)7-10-26(23)4;1-15-11-16(2)17(3)21(12-15)23-20-6-5-19(22-7-9-24-14-25-22)13-18(20)8-10-26(23)4;1-14-9-15(2)16(3)20(10-14)21-19-6-5-18(22-24-12-23-13-25-22)11-17(19)7-8-26(21)4/h6-15H,1-5H3;3*5-14H,1-4H3;5-13H,1-4H3/q5*+1. The van der Waals surface area contributed by atoms with Crippen molar-refractivity contribution in [2.24, 2.45) is 35.2 Å². The maximum Gasteiger partial charge on any atom is 0.220 e. The first-order valence-corrected chi connectivity index (χ1v) is 44.5. The van der Waals surface area contributed by atoms with Crippen LogP contribution >= 0.6 is 0 Å². The summed E-state index contributed by atoms with van der Waals surface area (Å²) in [5, 5.41) is 12.3. The summed E-state index contributed by atoms with van der Waals surface area (Å²) < 4.78 is 11.1. The number of rotatable bonds is 10. The topological polar surface area (TPSA) is 148 Å². The highest BCUT2D eigenvalue weighted by Gasteiger charge is 2.26. The smallest absolute Gasteiger partial charge is 0.220 e. The molecule has 15 nitrogen and oxygen atoms in total. The van der Waals surface area contributed by atoms with Gasteiger partial charge in [0, 0.05) is 95.3 Å². The lowest BCUT2D eigenvalue weighted by Gasteiger charge is -2.12. The van der Waals surface area contributed by atoms with Gasteiger partial charge in [0.25, 0.3) is 0 Å². The third kappa shape index (κ3) is 19.0. The van der Waals surface area contributed by atoms with Crippen LogP contribution in [0.15, 0.2) is 300 Å². The Kier molecular flexibility index (Phi) is 26.0. The summed E-state index contributed by atoms with van der Waals surface area (Å²) in [5.41, 5.74) is 41.8. The second kappa shape index (κ2) is 38.3. The fraction of sp³-hybridized carbons (Fsp3) is 0.181. The SMILES string of the molecule is Cc1cc(C)c(C)c(-c2c3ccc(-c4ccncn4)cc3cc[n+]2C)c1.Cc1cc(C)c(C)c(-c2c3ccc(-c4cnccn4)cc3cc[n+]2C)c1.Cc1cc(C)c(C)c(-c2c3ccc(-c4ncccn4)cc3cc[n+]2C)c1.Cc1cc(C)c(C)c(-c2c3ccc(-c4ncncn4)cc3cc[n+]2C)c1.Cc1ccc(-c2ccc3c(-c4cc(C)cc(C)c4C)[n+](C)ccc3c2)nc1. The van der Waals surface area contributed by atoms with Crippen molar-refractivity contribution in [1.82, 2.24) is 49.8 Å². The Bertz CT molecular complexity index is 7020. The quantitative estimate of drug-likeness (QED) is 0.121. The molecule has 0 aliphatic carbocycles. The lowest BCUT2D eigenvalue weighted by molar-refractivity contribution is -0.659. The number of fused-ring (bicyclic) bond motifs is 5. The van der Waals surface area contributed by atoms with E-state index in [1.54, 1.807) is 43.5 Å². The summed E-state index contributed by atoms with van der Waals surface area (Å²) in [4.78, 5) is 42.8. The molecule has 0 radical (unpaired) electrons. The lowest BCUT2D eigenvalue weighted by atomic mass is 9.94. The van der Waals surface area contributed by atoms with Gasteiger partial charge in [0.2, 0.25) is 28.5 Å². The van der Waals surface area contributed by atoms with E-state index in [1.165, 1.54) is 212 Å². The van der Waals surface area contributed by atoms with Crippen molar-refractivity contribution < 1.29 is 22.8 Å². The molecule has 20 aromatic rings. The van der Waals surface area contributed by atoms with Crippen LogP contribution in [-0.4, -0.2) is 49.8 Å². The number of benzene rings is 10. The normalized spacial score (nSPS) is 11.1. The highest BCUT2D eigenvalue weighted by atomic mass is 15.0. The van der Waals surface area contributed by atoms with Gasteiger partial charge in [0.1, 0.15) is 54.2 Å². The van der Waals surface area contributed by atoms with Crippen LogP contribution in [0.25, 0.3) is 167 Å². The van der Waals surface area contributed by atoms with Gasteiger partial charge < -0.3 is 0 Å². The molecule has 10 aromatic heterocycles. The van der Waals surface area contributed by atoms with Gasteiger partial charge in [0.05, 0.1) is 78.0 Å². The third-order valence-electron chi connectivity index (χ3n) is 25.5. The first-order valence-electron chi connectivity index (χ1n) is 44.5. The van der Waals surface area contributed by atoms with Crippen molar-refractivity contribution in [2.45, 2.75) is 111 Å². The summed E-state index contributed by atoms with van der Waals surface area (Å²) in [6, 6.07) is 74.1. The average molecular weight is 1720 g/mol. The Morgan fingerprint density at radius 2 is 0.511 bits per heavy atom. The molecule has 15 heteroatoms. The molecule has 0 saturated heterocycles. The highest BCUT2D eigenvalue weighted by Crippen LogP contribution is 2.40. The van der Waals surface area contributed by atoms with Crippen LogP contribution < -0.4 is 22.8 Å². The molecular formula is C116H112N15+5. The average Bonchev–Trinajstić information content (AvgIpc) is 0.782. The summed E-state index contributed by atoms with van der Waals surface area (Å²) >= 11 is 0. The summed E-state index contributed by atoms with van der Waals surface area (Å²) in [7, 11) is 10.6. The van der Waals surface area contributed by atoms with Gasteiger partial charge in [-0.25, -0.2) is 57.7 Å². The van der Waals surface area contributed by atoms with Gasteiger partial charge >= 0.3 is 0 Å². The zero-order valence-corrected chi connectivity index (χ0v) is 79.0. The summed E-state index contributed by atoms with van der Waals surface area (Å²) in [6.07, 6.45) is 27.8. The van der Waals surface area contributed by atoms with E-state index in [-0.39, 0.29) is 0 Å². The van der Waals surface area contributed by atoms with Crippen molar-refractivity contribution in [2.75, 3.05) is 0 Å². The second-order valence-corrected chi connectivity index (χ2v) is 35.1. The molecule has 131 heavy (non-hydrogen) atoms. The van der Waals surface area contributed by atoms with Crippen LogP contribution in [0.3, 0.4) is 0 Å². The van der Waals surface area contributed by atoms with Crippen LogP contribution in [0.4, 0.5) is 0 Å². The monoisotopic (exact) mass is 1710 g/mol. The Hall–Kier alpha value is -15.4. The first-order chi connectivity index (χ1) is 63.1. The maximum absolute atomic E-state index is 4.59. The number of nitrogens with zero attached hydrogens (tertiary/aromatic N) is 15. The van der Waals surface area contributed by atoms with Crippen LogP contribution in [-0.2, 0) is 35.2 Å². The Morgan fingerprint density at radius 3 is 0.817 bits per heavy atom. The van der Waals surface area contributed by atoms with Gasteiger partial charge in [-0.05, 0) is 308 Å². The predicted molar refractivity (Wildman–Crippen MR) is 534 cm³/mol. The van der Waals surface area contributed by atoms with Crippen molar-refractivity contribution >= 4 is 53.9 Å². The van der Waals surface area contributed by atoms with Crippen LogP contribution in [0.5, 0.6) is 0 Å². The van der Waals surface area contributed by atoms with Gasteiger partial charge in [-0.1, -0.05) is 94.5 Å². The predicted octanol–water partition coefficient (Wildman–Crippen LogP) is 23.9. The first kappa shape index (κ1) is 89.1. The van der Waals surface area contributed by atoms with Crippen molar-refractivity contribution in [1.29, 1.82) is 0 Å². The lowest BCUT2D eigenvalue weighted by Crippen LogP contribution is -2.30. The van der Waals surface area contributed by atoms with E-state index in [4.69, 9.17) is 0 Å². The molecule has 10 heterocycles. The van der Waals surface area contributed by atoms with Gasteiger partial charge in [-0.15, -0.1) is 0 Å². The molecule has 0 fully saturated rings. The molecular weight excluding hydrogens is 1600 g/mol. The van der Waals surface area contributed by atoms with Crippen LogP contribution in [0, 0.1) is 111 Å². The van der Waals surface area contributed by atoms with E-state index in [0.29, 0.717) is 5.82 Å². The van der Waals surface area contributed by atoms with Gasteiger partial charge in [-0.2, -0.15) is 0 Å². The zero-order chi connectivity index (χ0) is 92.2. The number of hydrogen-bond donors (Lipinski definition) is 0. The molecule has 0 atom stereocenters. The van der Waals surface area contributed by atoms with Gasteiger partial charge in [-0.3, -0.25) is 15.0 Å². The minimum atomic E-state index is 0.694. The molecule has 0 unspecified atom stereocenters. The third-order valence-corrected chi connectivity index (χ3v) is 25.5. The van der Waals surface area contributed by atoms with E-state index < -0.39 is 0 Å². The molecule has 0 N–H and O–H groups in total. The van der Waals surface area contributed by atoms with Crippen LogP contribution in [0.2, 0.25) is 0 Å². The largest absolute Gasteiger partial charge is 0.261 e. The zero-order valence-electron chi connectivity index (χ0n) is 79.0. The van der Waals surface area contributed by atoms with E-state index in [9.17, 15) is 0 Å². The van der Waals surface area contributed by atoms with Crippen molar-refractivity contribution in [3.8, 4) is 113 Å². The minimum absolute atomic E-state index is 0.694. The Balaban J connectivity index is 0.000000120. The Labute approximate surface area is 769 Å². The molecule has 0 bridgehead atoms. The van der Waals surface area contributed by atoms with Crippen molar-refractivity contribution in [3.63, 3.8) is 0 Å². The fourth-order valence-corrected chi connectivity index (χ4v) is 18.1. The minimum Gasteiger partial charge on any atom is -0.261 e. The molecule has 0 aliphatic heterocycles. The fourth-order valence-electron chi connectivity index (χ4n) is 18.1. The molecule has 0 aliphatic rings. The number of aromatic nitrogens is 15.